The zero-order chi connectivity index (χ0) is 25.6. The second-order valence-corrected chi connectivity index (χ2v) is 11.3. The van der Waals surface area contributed by atoms with Crippen LogP contribution in [0.4, 0.5) is 11.4 Å². The molecule has 7 atom stereocenters. The van der Waals surface area contributed by atoms with Gasteiger partial charge in [-0.05, 0) is 91.5 Å². The number of esters is 1. The van der Waals surface area contributed by atoms with Gasteiger partial charge in [0.25, 0.3) is 0 Å². The zero-order valence-corrected chi connectivity index (χ0v) is 20.8. The summed E-state index contributed by atoms with van der Waals surface area (Å²) in [5.74, 6) is -0.0411. The number of ether oxygens (including phenoxy) is 1. The number of hydrogen-bond acceptors (Lipinski definition) is 5. The highest BCUT2D eigenvalue weighted by molar-refractivity contribution is 6.22. The van der Waals surface area contributed by atoms with Crippen molar-refractivity contribution in [2.24, 2.45) is 41.4 Å². The van der Waals surface area contributed by atoms with Crippen LogP contribution in [0.1, 0.15) is 24.0 Å². The van der Waals surface area contributed by atoms with Crippen LogP contribution in [0, 0.1) is 55.3 Å². The van der Waals surface area contributed by atoms with E-state index in [1.807, 2.05) is 32.0 Å². The number of aryl methyl sites for hydroxylation is 2. The summed E-state index contributed by atoms with van der Waals surface area (Å²) in [6.45, 7) is 4.23. The van der Waals surface area contributed by atoms with E-state index in [-0.39, 0.29) is 54.4 Å². The van der Waals surface area contributed by atoms with Gasteiger partial charge in [-0.15, -0.1) is 0 Å². The lowest BCUT2D eigenvalue weighted by Crippen LogP contribution is -2.40. The van der Waals surface area contributed by atoms with Gasteiger partial charge in [-0.25, -0.2) is 0 Å². The summed E-state index contributed by atoms with van der Waals surface area (Å²) in [6.07, 6.45) is 5.55. The van der Waals surface area contributed by atoms with Crippen molar-refractivity contribution in [3.8, 4) is 5.75 Å². The van der Waals surface area contributed by atoms with E-state index in [2.05, 4.69) is 12.2 Å². The van der Waals surface area contributed by atoms with Crippen LogP contribution in [0.2, 0.25) is 0 Å². The third kappa shape index (κ3) is 3.40. The number of rotatable bonds is 4. The number of hydrogen-bond donors (Lipinski definition) is 0. The van der Waals surface area contributed by atoms with Crippen LogP contribution in [0.25, 0.3) is 0 Å². The van der Waals surface area contributed by atoms with Gasteiger partial charge in [-0.2, -0.15) is 0 Å². The Morgan fingerprint density at radius 1 is 0.838 bits per heavy atom. The molecule has 0 radical (unpaired) electrons. The molecule has 2 aromatic carbocycles. The smallest absolute Gasteiger partial charge is 0.316 e. The Bertz CT molecular complexity index is 1340. The fourth-order valence-electron chi connectivity index (χ4n) is 7.30. The predicted octanol–water partition coefficient (Wildman–Crippen LogP) is 3.82. The van der Waals surface area contributed by atoms with E-state index < -0.39 is 11.9 Å². The average Bonchev–Trinajstić information content (AvgIpc) is 3.54. The van der Waals surface area contributed by atoms with Gasteiger partial charge in [0.1, 0.15) is 5.75 Å². The highest BCUT2D eigenvalue weighted by atomic mass is 16.5. The second kappa shape index (κ2) is 7.88. The quantitative estimate of drug-likeness (QED) is 0.278. The molecular weight excluding hydrogens is 468 g/mol. The summed E-state index contributed by atoms with van der Waals surface area (Å²) >= 11 is 0. The Kier molecular flexibility index (Phi) is 4.78. The molecule has 2 saturated heterocycles. The molecular formula is C30H28N2O5. The maximum Gasteiger partial charge on any atom is 0.316 e. The molecule has 0 spiro atoms. The van der Waals surface area contributed by atoms with Crippen molar-refractivity contribution in [3.05, 3.63) is 65.7 Å². The predicted molar refractivity (Wildman–Crippen MR) is 136 cm³/mol. The second-order valence-electron chi connectivity index (χ2n) is 11.3. The average molecular weight is 497 g/mol. The van der Waals surface area contributed by atoms with Crippen molar-refractivity contribution in [1.82, 2.24) is 0 Å². The van der Waals surface area contributed by atoms with E-state index >= 15 is 0 Å². The zero-order valence-electron chi connectivity index (χ0n) is 20.8. The minimum atomic E-state index is -0.563. The molecule has 7 heteroatoms. The lowest BCUT2D eigenvalue weighted by molar-refractivity contribution is -0.139. The van der Waals surface area contributed by atoms with Gasteiger partial charge in [0, 0.05) is 18.7 Å². The molecule has 8 rings (SSSR count). The Hall–Kier alpha value is -3.74. The first-order valence-electron chi connectivity index (χ1n) is 13.1. The first kappa shape index (κ1) is 22.5. The van der Waals surface area contributed by atoms with Crippen LogP contribution < -0.4 is 14.5 Å². The number of amides is 3. The summed E-state index contributed by atoms with van der Waals surface area (Å²) < 4.78 is 5.59. The van der Waals surface area contributed by atoms with Gasteiger partial charge in [0.05, 0.1) is 23.4 Å². The molecule has 6 aliphatic rings. The van der Waals surface area contributed by atoms with Crippen molar-refractivity contribution < 1.29 is 23.9 Å². The third-order valence-corrected chi connectivity index (χ3v) is 8.95. The molecule has 7 nitrogen and oxygen atoms in total. The SMILES string of the molecule is Cc1cc(C)cc(N2C[C@H](C(=O)Oc3ccc(N4C(=O)[C@@H]5[C@H]6C=C[C@@H]([C@@H]7C[C@@H]67)[C@H]5C4=O)cc3)CC2=O)c1. The number of allylic oxidation sites excluding steroid dienone is 2. The largest absolute Gasteiger partial charge is 0.426 e. The van der Waals surface area contributed by atoms with E-state index in [0.29, 0.717) is 23.3 Å². The van der Waals surface area contributed by atoms with E-state index in [1.165, 1.54) is 4.90 Å². The van der Waals surface area contributed by atoms with Crippen LogP contribution in [-0.2, 0) is 19.2 Å². The highest BCUT2D eigenvalue weighted by Gasteiger charge is 2.67. The summed E-state index contributed by atoms with van der Waals surface area (Å²) in [5, 5.41) is 0. The molecule has 2 bridgehead atoms. The summed E-state index contributed by atoms with van der Waals surface area (Å²) in [7, 11) is 0. The van der Waals surface area contributed by atoms with Crippen molar-refractivity contribution in [1.29, 1.82) is 0 Å². The number of carbonyl (C=O) groups excluding carboxylic acids is 4. The molecule has 2 saturated carbocycles. The summed E-state index contributed by atoms with van der Waals surface area (Å²) in [5.41, 5.74) is 3.42. The Balaban J connectivity index is 1.04. The monoisotopic (exact) mass is 496 g/mol. The van der Waals surface area contributed by atoms with E-state index in [9.17, 15) is 19.2 Å². The van der Waals surface area contributed by atoms with Gasteiger partial charge in [-0.3, -0.25) is 24.1 Å². The van der Waals surface area contributed by atoms with Crippen LogP contribution in [0.15, 0.2) is 54.6 Å². The molecule has 0 N–H and O–H groups in total. The minimum Gasteiger partial charge on any atom is -0.426 e. The molecule has 2 heterocycles. The Morgan fingerprint density at radius 3 is 2.03 bits per heavy atom. The standard InChI is InChI=1S/C30H28N2O5/c1-15-9-16(2)11-19(10-15)31-14-17(12-25(31)33)30(36)37-20-5-3-18(4-6-20)32-28(34)26-21-7-8-22(24-13-23(21)24)27(26)29(32)35/h3-11,17,21-24,26-27H,12-14H2,1-2H3/t17-,21+,22+,23+,24+,26-,27-/m1/s1. The molecule has 37 heavy (non-hydrogen) atoms. The molecule has 2 aromatic rings. The maximum absolute atomic E-state index is 13.3. The van der Waals surface area contributed by atoms with Crippen LogP contribution in [0.5, 0.6) is 5.75 Å². The molecule has 4 fully saturated rings. The molecule has 188 valence electrons. The summed E-state index contributed by atoms with van der Waals surface area (Å²) in [6, 6.07) is 12.5. The van der Waals surface area contributed by atoms with E-state index in [1.54, 1.807) is 29.2 Å². The molecule has 0 unspecified atom stereocenters. The lowest BCUT2D eigenvalue weighted by atomic mass is 9.63. The first-order chi connectivity index (χ1) is 17.8. The Labute approximate surface area is 215 Å². The normalized spacial score (nSPS) is 33.1. The van der Waals surface area contributed by atoms with Crippen LogP contribution >= 0.6 is 0 Å². The number of nitrogens with zero attached hydrogens (tertiary/aromatic N) is 2. The topological polar surface area (TPSA) is 84.0 Å². The third-order valence-electron chi connectivity index (χ3n) is 8.95. The molecule has 4 aliphatic carbocycles. The van der Waals surface area contributed by atoms with Crippen molar-refractivity contribution in [3.63, 3.8) is 0 Å². The first-order valence-corrected chi connectivity index (χ1v) is 13.1. The number of benzene rings is 2. The van der Waals surface area contributed by atoms with Crippen molar-refractivity contribution in [2.45, 2.75) is 26.7 Å². The number of imide groups is 1. The maximum atomic E-state index is 13.3. The summed E-state index contributed by atoms with van der Waals surface area (Å²) in [4.78, 5) is 55.1. The Morgan fingerprint density at radius 2 is 1.43 bits per heavy atom. The lowest BCUT2D eigenvalue weighted by Gasteiger charge is -2.37. The van der Waals surface area contributed by atoms with Gasteiger partial charge >= 0.3 is 5.97 Å². The van der Waals surface area contributed by atoms with Gasteiger partial charge < -0.3 is 9.64 Å². The van der Waals surface area contributed by atoms with E-state index in [0.717, 1.165) is 23.2 Å². The van der Waals surface area contributed by atoms with Crippen LogP contribution in [-0.4, -0.2) is 30.2 Å². The molecule has 2 aliphatic heterocycles. The van der Waals surface area contributed by atoms with Crippen molar-refractivity contribution >= 4 is 35.1 Å². The highest BCUT2D eigenvalue weighted by Crippen LogP contribution is 2.65. The minimum absolute atomic E-state index is 0.0990. The van der Waals surface area contributed by atoms with Gasteiger partial charge in [0.15, 0.2) is 0 Å². The molecule has 0 aromatic heterocycles. The fourth-order valence-corrected chi connectivity index (χ4v) is 7.30. The van der Waals surface area contributed by atoms with Crippen molar-refractivity contribution in [2.75, 3.05) is 16.3 Å². The number of carbonyl (C=O) groups is 4. The molecule has 3 amide bonds. The van der Waals surface area contributed by atoms with E-state index in [4.69, 9.17) is 4.74 Å². The fraction of sp³-hybridized carbons (Fsp3) is 0.400. The number of anilines is 2. The van der Waals surface area contributed by atoms with Gasteiger partial charge in [0.2, 0.25) is 17.7 Å². The van der Waals surface area contributed by atoms with Gasteiger partial charge in [-0.1, -0.05) is 18.2 Å². The van der Waals surface area contributed by atoms with Crippen LogP contribution in [0.3, 0.4) is 0 Å².